The van der Waals surface area contributed by atoms with Gasteiger partial charge in [0.15, 0.2) is 0 Å². The Morgan fingerprint density at radius 3 is 2.23 bits per heavy atom. The zero-order chi connectivity index (χ0) is 10.7. The molecule has 0 aromatic carbocycles. The second kappa shape index (κ2) is 11.3. The third-order valence-electron chi connectivity index (χ3n) is 1.04. The highest BCUT2D eigenvalue weighted by Gasteiger charge is 1.92. The molecule has 0 amide bonds. The van der Waals surface area contributed by atoms with Gasteiger partial charge in [-0.05, 0) is 18.5 Å². The molecular formula is C9H19N3S. The van der Waals surface area contributed by atoms with Crippen LogP contribution in [0.3, 0.4) is 0 Å². The lowest BCUT2D eigenvalue weighted by atomic mass is 10.3. The van der Waals surface area contributed by atoms with E-state index < -0.39 is 0 Å². The lowest BCUT2D eigenvalue weighted by Crippen LogP contribution is -1.91. The molecule has 0 saturated heterocycles. The van der Waals surface area contributed by atoms with E-state index in [9.17, 15) is 0 Å². The Morgan fingerprint density at radius 1 is 1.46 bits per heavy atom. The average molecular weight is 201 g/mol. The molecule has 1 heterocycles. The number of thiophene rings is 1. The number of hydrogen-bond acceptors (Lipinski definition) is 4. The number of hydrogen-bond donors (Lipinski definition) is 3. The van der Waals surface area contributed by atoms with E-state index in [0.29, 0.717) is 6.54 Å². The summed E-state index contributed by atoms with van der Waals surface area (Å²) in [4.78, 5) is 1.13. The monoisotopic (exact) mass is 201 g/mol. The summed E-state index contributed by atoms with van der Waals surface area (Å²) >= 11 is 1.60. The molecule has 0 aliphatic carbocycles. The van der Waals surface area contributed by atoms with Gasteiger partial charge >= 0.3 is 0 Å². The highest BCUT2D eigenvalue weighted by atomic mass is 32.1. The molecule has 5 N–H and O–H groups in total. The van der Waals surface area contributed by atoms with Crippen molar-refractivity contribution in [3.05, 3.63) is 21.9 Å². The average Bonchev–Trinajstić information content (AvgIpc) is 2.71. The molecule has 1 aromatic heterocycles. The van der Waals surface area contributed by atoms with Crippen LogP contribution in [-0.4, -0.2) is 13.3 Å². The van der Waals surface area contributed by atoms with E-state index in [4.69, 9.17) is 11.1 Å². The minimum Gasteiger partial charge on any atom is -0.333 e. The van der Waals surface area contributed by atoms with E-state index >= 15 is 0 Å². The molecule has 76 valence electrons. The van der Waals surface area contributed by atoms with Gasteiger partial charge in [-0.25, -0.2) is 0 Å². The SMILES string of the molecule is CC.CN.N=Cc1csc(CN)c1. The van der Waals surface area contributed by atoms with Crippen molar-refractivity contribution in [3.63, 3.8) is 0 Å². The Bertz CT molecular complexity index is 208. The normalized spacial score (nSPS) is 7.46. The molecule has 0 aliphatic rings. The van der Waals surface area contributed by atoms with Gasteiger partial charge in [0, 0.05) is 23.2 Å². The molecule has 0 bridgehead atoms. The minimum absolute atomic E-state index is 0.582. The first-order valence-corrected chi connectivity index (χ1v) is 5.10. The van der Waals surface area contributed by atoms with Crippen molar-refractivity contribution < 1.29 is 0 Å². The van der Waals surface area contributed by atoms with Crippen molar-refractivity contribution in [2.45, 2.75) is 20.4 Å². The highest BCUT2D eigenvalue weighted by Crippen LogP contribution is 2.11. The van der Waals surface area contributed by atoms with Crippen molar-refractivity contribution in [3.8, 4) is 0 Å². The first-order valence-electron chi connectivity index (χ1n) is 4.22. The fourth-order valence-electron chi connectivity index (χ4n) is 0.580. The minimum atomic E-state index is 0.582. The summed E-state index contributed by atoms with van der Waals surface area (Å²) in [6.45, 7) is 4.58. The summed E-state index contributed by atoms with van der Waals surface area (Å²) < 4.78 is 0. The van der Waals surface area contributed by atoms with Crippen molar-refractivity contribution in [2.75, 3.05) is 7.05 Å². The van der Waals surface area contributed by atoms with Gasteiger partial charge in [-0.3, -0.25) is 0 Å². The standard InChI is InChI=1S/C6H8N2S.C2H6.CH5N/c7-2-5-1-6(3-8)9-4-5;2*1-2/h1-2,4,7H,3,8H2;1-2H3;2H2,1H3. The molecule has 3 nitrogen and oxygen atoms in total. The first-order chi connectivity index (χ1) is 6.36. The van der Waals surface area contributed by atoms with Gasteiger partial charge in [0.1, 0.15) is 0 Å². The van der Waals surface area contributed by atoms with Crippen LogP contribution in [0.5, 0.6) is 0 Å². The summed E-state index contributed by atoms with van der Waals surface area (Å²) in [6.07, 6.45) is 1.33. The van der Waals surface area contributed by atoms with Crippen LogP contribution in [0.1, 0.15) is 24.3 Å². The smallest absolute Gasteiger partial charge is 0.0274 e. The summed E-state index contributed by atoms with van der Waals surface area (Å²) in [5.41, 5.74) is 10.8. The molecule has 0 aliphatic heterocycles. The van der Waals surface area contributed by atoms with Gasteiger partial charge in [-0.2, -0.15) is 0 Å². The topological polar surface area (TPSA) is 75.9 Å². The molecule has 0 saturated carbocycles. The zero-order valence-corrected chi connectivity index (χ0v) is 9.32. The number of rotatable bonds is 2. The summed E-state index contributed by atoms with van der Waals surface area (Å²) in [5.74, 6) is 0. The fraction of sp³-hybridized carbons (Fsp3) is 0.444. The van der Waals surface area contributed by atoms with E-state index in [-0.39, 0.29) is 0 Å². The Morgan fingerprint density at radius 2 is 2.00 bits per heavy atom. The van der Waals surface area contributed by atoms with E-state index in [1.807, 2.05) is 25.3 Å². The Labute approximate surface area is 84.3 Å². The van der Waals surface area contributed by atoms with Crippen LogP contribution in [0.25, 0.3) is 0 Å². The van der Waals surface area contributed by atoms with Crippen molar-refractivity contribution >= 4 is 17.6 Å². The van der Waals surface area contributed by atoms with Crippen LogP contribution in [0, 0.1) is 5.41 Å². The number of nitrogens with one attached hydrogen (secondary N) is 1. The van der Waals surface area contributed by atoms with Gasteiger partial charge in [0.05, 0.1) is 0 Å². The summed E-state index contributed by atoms with van der Waals surface area (Å²) in [6, 6.07) is 1.93. The zero-order valence-electron chi connectivity index (χ0n) is 8.50. The van der Waals surface area contributed by atoms with Crippen LogP contribution in [-0.2, 0) is 6.54 Å². The molecule has 0 fully saturated rings. The van der Waals surface area contributed by atoms with E-state index in [1.165, 1.54) is 13.3 Å². The van der Waals surface area contributed by atoms with E-state index in [0.717, 1.165) is 10.4 Å². The van der Waals surface area contributed by atoms with Gasteiger partial charge < -0.3 is 16.9 Å². The maximum Gasteiger partial charge on any atom is 0.0274 e. The Kier molecular flexibility index (Phi) is 12.8. The van der Waals surface area contributed by atoms with Crippen molar-refractivity contribution in [2.24, 2.45) is 11.5 Å². The van der Waals surface area contributed by atoms with Gasteiger partial charge in [0.25, 0.3) is 0 Å². The maximum absolute atomic E-state index is 6.87. The lowest BCUT2D eigenvalue weighted by molar-refractivity contribution is 1.11. The Hall–Kier alpha value is -0.710. The van der Waals surface area contributed by atoms with Crippen LogP contribution < -0.4 is 11.5 Å². The lowest BCUT2D eigenvalue weighted by Gasteiger charge is -1.81. The summed E-state index contributed by atoms with van der Waals surface area (Å²) in [5, 5.41) is 8.80. The maximum atomic E-state index is 6.87. The van der Waals surface area contributed by atoms with Crippen LogP contribution in [0.4, 0.5) is 0 Å². The molecule has 0 unspecified atom stereocenters. The van der Waals surface area contributed by atoms with Gasteiger partial charge in [0.2, 0.25) is 0 Å². The highest BCUT2D eigenvalue weighted by molar-refractivity contribution is 7.10. The largest absolute Gasteiger partial charge is 0.333 e. The predicted molar refractivity (Wildman–Crippen MR) is 61.6 cm³/mol. The van der Waals surface area contributed by atoms with E-state index in [2.05, 4.69) is 5.73 Å². The van der Waals surface area contributed by atoms with E-state index in [1.54, 1.807) is 11.3 Å². The molecule has 0 radical (unpaired) electrons. The molecule has 1 rings (SSSR count). The third-order valence-corrected chi connectivity index (χ3v) is 2.02. The predicted octanol–water partition coefficient (Wildman–Crippen LogP) is 1.81. The quantitative estimate of drug-likeness (QED) is 0.638. The first kappa shape index (κ1) is 14.8. The van der Waals surface area contributed by atoms with Crippen molar-refractivity contribution in [1.82, 2.24) is 0 Å². The fourth-order valence-corrected chi connectivity index (χ4v) is 1.30. The third kappa shape index (κ3) is 6.45. The molecule has 0 spiro atoms. The second-order valence-electron chi connectivity index (χ2n) is 1.69. The summed E-state index contributed by atoms with van der Waals surface area (Å²) in [7, 11) is 1.50. The van der Waals surface area contributed by atoms with Crippen LogP contribution >= 0.6 is 11.3 Å². The molecule has 4 heteroatoms. The molecule has 13 heavy (non-hydrogen) atoms. The van der Waals surface area contributed by atoms with Gasteiger partial charge in [-0.15, -0.1) is 11.3 Å². The molecule has 0 atom stereocenters. The molecule has 1 aromatic rings. The van der Waals surface area contributed by atoms with Gasteiger partial charge in [-0.1, -0.05) is 13.8 Å². The number of nitrogens with two attached hydrogens (primary N) is 2. The van der Waals surface area contributed by atoms with Crippen molar-refractivity contribution in [1.29, 1.82) is 5.41 Å². The van der Waals surface area contributed by atoms with Crippen LogP contribution in [0.2, 0.25) is 0 Å². The second-order valence-corrected chi connectivity index (χ2v) is 2.69. The van der Waals surface area contributed by atoms with Crippen LogP contribution in [0.15, 0.2) is 11.4 Å². The Balaban J connectivity index is 0. The molecular weight excluding hydrogens is 182 g/mol.